The van der Waals surface area contributed by atoms with Crippen molar-refractivity contribution in [2.24, 2.45) is 5.84 Å². The topological polar surface area (TPSA) is 64.3 Å². The summed E-state index contributed by atoms with van der Waals surface area (Å²) in [6.07, 6.45) is 2.00. The van der Waals surface area contributed by atoms with Gasteiger partial charge in [-0.15, -0.1) is 11.8 Å². The zero-order valence-corrected chi connectivity index (χ0v) is 10.2. The third kappa shape index (κ3) is 3.15. The summed E-state index contributed by atoms with van der Waals surface area (Å²) in [7, 11) is 0. The van der Waals surface area contributed by atoms with E-state index in [9.17, 15) is 4.79 Å². The van der Waals surface area contributed by atoms with Crippen LogP contribution in [0.2, 0.25) is 0 Å². The minimum Gasteiger partial charge on any atom is -0.479 e. The first-order valence-electron chi connectivity index (χ1n) is 5.03. The molecule has 88 valence electrons. The van der Waals surface area contributed by atoms with E-state index in [1.165, 1.54) is 0 Å². The summed E-state index contributed by atoms with van der Waals surface area (Å²) in [6, 6.07) is 7.61. The maximum atomic E-state index is 11.4. The van der Waals surface area contributed by atoms with Crippen LogP contribution in [0.4, 0.5) is 0 Å². The Labute approximate surface area is 99.5 Å². The number of benzene rings is 1. The van der Waals surface area contributed by atoms with E-state index >= 15 is 0 Å². The zero-order valence-electron chi connectivity index (χ0n) is 9.40. The molecule has 0 aliphatic rings. The molecule has 0 fully saturated rings. The van der Waals surface area contributed by atoms with E-state index in [2.05, 4.69) is 5.43 Å². The molecule has 4 nitrogen and oxygen atoms in total. The molecule has 1 aromatic carbocycles. The summed E-state index contributed by atoms with van der Waals surface area (Å²) >= 11 is 1.58. The summed E-state index contributed by atoms with van der Waals surface area (Å²) in [5.74, 6) is 5.49. The van der Waals surface area contributed by atoms with Gasteiger partial charge in [0.1, 0.15) is 5.75 Å². The first kappa shape index (κ1) is 12.9. The minimum absolute atomic E-state index is 0.307. The molecule has 1 amide bonds. The smallest absolute Gasteiger partial charge is 0.274 e. The monoisotopic (exact) mass is 240 g/mol. The number of nitrogens with two attached hydrogens (primary N) is 1. The van der Waals surface area contributed by atoms with Crippen molar-refractivity contribution in [2.45, 2.75) is 24.3 Å². The molecule has 3 N–H and O–H groups in total. The van der Waals surface area contributed by atoms with Crippen LogP contribution in [0.5, 0.6) is 5.75 Å². The summed E-state index contributed by atoms with van der Waals surface area (Å²) in [4.78, 5) is 12.4. The lowest BCUT2D eigenvalue weighted by molar-refractivity contribution is -0.128. The lowest BCUT2D eigenvalue weighted by Crippen LogP contribution is -2.41. The quantitative estimate of drug-likeness (QED) is 0.355. The van der Waals surface area contributed by atoms with Crippen LogP contribution in [-0.2, 0) is 4.79 Å². The van der Waals surface area contributed by atoms with Crippen molar-refractivity contribution >= 4 is 17.7 Å². The minimum atomic E-state index is -0.543. The van der Waals surface area contributed by atoms with E-state index in [1.807, 2.05) is 37.4 Å². The SMILES string of the molecule is CCC(Oc1ccccc1SC)C(=O)NN. The van der Waals surface area contributed by atoms with Crippen LogP contribution in [0.3, 0.4) is 0 Å². The molecule has 0 saturated heterocycles. The Balaban J connectivity index is 2.81. The molecule has 16 heavy (non-hydrogen) atoms. The van der Waals surface area contributed by atoms with Crippen molar-refractivity contribution in [3.05, 3.63) is 24.3 Å². The number of para-hydroxylation sites is 1. The third-order valence-electron chi connectivity index (χ3n) is 2.14. The summed E-state index contributed by atoms with van der Waals surface area (Å²) < 4.78 is 5.63. The van der Waals surface area contributed by atoms with Crippen LogP contribution in [0.1, 0.15) is 13.3 Å². The van der Waals surface area contributed by atoms with E-state index in [-0.39, 0.29) is 5.91 Å². The zero-order chi connectivity index (χ0) is 12.0. The number of carbonyl (C=O) groups is 1. The van der Waals surface area contributed by atoms with Gasteiger partial charge in [0.2, 0.25) is 0 Å². The molecule has 0 aromatic heterocycles. The average Bonchev–Trinajstić information content (AvgIpc) is 2.35. The van der Waals surface area contributed by atoms with Crippen LogP contribution in [0.15, 0.2) is 29.2 Å². The molecule has 0 saturated carbocycles. The molecular weight excluding hydrogens is 224 g/mol. The molecular formula is C11H16N2O2S. The van der Waals surface area contributed by atoms with Crippen molar-refractivity contribution in [3.63, 3.8) is 0 Å². The second kappa shape index (κ2) is 6.40. The number of hydrogen-bond donors (Lipinski definition) is 2. The maximum absolute atomic E-state index is 11.4. The van der Waals surface area contributed by atoms with Crippen LogP contribution >= 0.6 is 11.8 Å². The molecule has 0 aliphatic heterocycles. The van der Waals surface area contributed by atoms with Crippen molar-refractivity contribution in [1.29, 1.82) is 0 Å². The lowest BCUT2D eigenvalue weighted by Gasteiger charge is -2.17. The predicted molar refractivity (Wildman–Crippen MR) is 65.3 cm³/mol. The van der Waals surface area contributed by atoms with E-state index in [0.29, 0.717) is 12.2 Å². The van der Waals surface area contributed by atoms with Crippen molar-refractivity contribution in [2.75, 3.05) is 6.26 Å². The largest absolute Gasteiger partial charge is 0.479 e. The fourth-order valence-corrected chi connectivity index (χ4v) is 1.82. The maximum Gasteiger partial charge on any atom is 0.274 e. The number of thioether (sulfide) groups is 1. The predicted octanol–water partition coefficient (Wildman–Crippen LogP) is 1.56. The number of rotatable bonds is 5. The van der Waals surface area contributed by atoms with Gasteiger partial charge in [0, 0.05) is 4.90 Å². The Morgan fingerprint density at radius 1 is 1.56 bits per heavy atom. The van der Waals surface area contributed by atoms with Crippen LogP contribution in [0.25, 0.3) is 0 Å². The number of ether oxygens (including phenoxy) is 1. The number of carbonyl (C=O) groups excluding carboxylic acids is 1. The van der Waals surface area contributed by atoms with Crippen molar-refractivity contribution in [3.8, 4) is 5.75 Å². The molecule has 1 atom stereocenters. The number of amides is 1. The van der Waals surface area contributed by atoms with Crippen LogP contribution < -0.4 is 16.0 Å². The molecule has 1 aromatic rings. The van der Waals surface area contributed by atoms with Gasteiger partial charge in [-0.25, -0.2) is 5.84 Å². The molecule has 5 heteroatoms. The molecule has 0 bridgehead atoms. The molecule has 0 aliphatic carbocycles. The second-order valence-electron chi connectivity index (χ2n) is 3.17. The first-order chi connectivity index (χ1) is 7.72. The van der Waals surface area contributed by atoms with E-state index in [1.54, 1.807) is 11.8 Å². The highest BCUT2D eigenvalue weighted by atomic mass is 32.2. The highest BCUT2D eigenvalue weighted by molar-refractivity contribution is 7.98. The van der Waals surface area contributed by atoms with Gasteiger partial charge in [0.25, 0.3) is 5.91 Å². The van der Waals surface area contributed by atoms with Gasteiger partial charge < -0.3 is 4.74 Å². The fraction of sp³-hybridized carbons (Fsp3) is 0.364. The Bertz CT molecular complexity index is 358. The number of nitrogens with one attached hydrogen (secondary N) is 1. The molecule has 0 heterocycles. The highest BCUT2D eigenvalue weighted by Gasteiger charge is 2.18. The molecule has 0 radical (unpaired) electrons. The van der Waals surface area contributed by atoms with Crippen LogP contribution in [-0.4, -0.2) is 18.3 Å². The van der Waals surface area contributed by atoms with E-state index in [0.717, 1.165) is 4.90 Å². The lowest BCUT2D eigenvalue weighted by atomic mass is 10.2. The van der Waals surface area contributed by atoms with Gasteiger partial charge in [0.05, 0.1) is 0 Å². The Kier molecular flexibility index (Phi) is 5.14. The van der Waals surface area contributed by atoms with Crippen LogP contribution in [0, 0.1) is 0 Å². The Morgan fingerprint density at radius 2 is 2.25 bits per heavy atom. The van der Waals surface area contributed by atoms with Crippen molar-refractivity contribution in [1.82, 2.24) is 5.43 Å². The van der Waals surface area contributed by atoms with Gasteiger partial charge in [-0.05, 0) is 24.8 Å². The number of hydrazine groups is 1. The average molecular weight is 240 g/mol. The molecule has 1 unspecified atom stereocenters. The summed E-state index contributed by atoms with van der Waals surface area (Å²) in [5.41, 5.74) is 2.10. The van der Waals surface area contributed by atoms with Gasteiger partial charge in [-0.3, -0.25) is 10.2 Å². The fourth-order valence-electron chi connectivity index (χ4n) is 1.28. The standard InChI is InChI=1S/C11H16N2O2S/c1-3-8(11(14)13-12)15-9-6-4-5-7-10(9)16-2/h4-8H,3,12H2,1-2H3,(H,13,14). The molecule has 1 rings (SSSR count). The van der Waals surface area contributed by atoms with Gasteiger partial charge in [-0.2, -0.15) is 0 Å². The van der Waals surface area contributed by atoms with Gasteiger partial charge in [0.15, 0.2) is 6.10 Å². The van der Waals surface area contributed by atoms with Gasteiger partial charge >= 0.3 is 0 Å². The third-order valence-corrected chi connectivity index (χ3v) is 2.92. The summed E-state index contributed by atoms with van der Waals surface area (Å²) in [6.45, 7) is 1.88. The van der Waals surface area contributed by atoms with E-state index < -0.39 is 6.10 Å². The second-order valence-corrected chi connectivity index (χ2v) is 4.02. The normalized spacial score (nSPS) is 11.9. The number of hydrogen-bond acceptors (Lipinski definition) is 4. The highest BCUT2D eigenvalue weighted by Crippen LogP contribution is 2.28. The van der Waals surface area contributed by atoms with Gasteiger partial charge in [-0.1, -0.05) is 19.1 Å². The first-order valence-corrected chi connectivity index (χ1v) is 6.25. The van der Waals surface area contributed by atoms with Crippen molar-refractivity contribution < 1.29 is 9.53 Å². The Morgan fingerprint density at radius 3 is 2.81 bits per heavy atom. The molecule has 0 spiro atoms. The van der Waals surface area contributed by atoms with E-state index in [4.69, 9.17) is 10.6 Å². The Hall–Kier alpha value is -1.20. The summed E-state index contributed by atoms with van der Waals surface area (Å²) in [5, 5.41) is 0.